The van der Waals surface area contributed by atoms with Crippen LogP contribution in [-0.2, 0) is 10.0 Å². The normalized spacial score (nSPS) is 16.7. The molecule has 0 bridgehead atoms. The van der Waals surface area contributed by atoms with Crippen molar-refractivity contribution in [3.8, 4) is 0 Å². The lowest BCUT2D eigenvalue weighted by Crippen LogP contribution is -2.39. The Morgan fingerprint density at radius 1 is 1.40 bits per heavy atom. The van der Waals surface area contributed by atoms with Crippen LogP contribution in [0, 0.1) is 0 Å². The Kier molecular flexibility index (Phi) is 4.88. The summed E-state index contributed by atoms with van der Waals surface area (Å²) in [5.41, 5.74) is 6.15. The lowest BCUT2D eigenvalue weighted by atomic mass is 10.2. The highest BCUT2D eigenvalue weighted by atomic mass is 79.9. The molecule has 1 aromatic carbocycles. The van der Waals surface area contributed by atoms with Gasteiger partial charge in [-0.05, 0) is 31.0 Å². The van der Waals surface area contributed by atoms with E-state index < -0.39 is 10.0 Å². The van der Waals surface area contributed by atoms with Crippen LogP contribution in [0.5, 0.6) is 0 Å². The molecule has 0 unspecified atom stereocenters. The van der Waals surface area contributed by atoms with Crippen molar-refractivity contribution >= 4 is 31.6 Å². The molecule has 6 heteroatoms. The smallest absolute Gasteiger partial charge is 0.245 e. The second kappa shape index (κ2) is 6.28. The van der Waals surface area contributed by atoms with Gasteiger partial charge in [-0.15, -0.1) is 6.58 Å². The highest BCUT2D eigenvalue weighted by Crippen LogP contribution is 2.31. The number of nitrogens with zero attached hydrogens (tertiary/aromatic N) is 1. The molecule has 0 heterocycles. The largest absolute Gasteiger partial charge is 0.398 e. The molecule has 0 spiro atoms. The Labute approximate surface area is 128 Å². The van der Waals surface area contributed by atoms with Gasteiger partial charge in [-0.3, -0.25) is 0 Å². The highest BCUT2D eigenvalue weighted by Gasteiger charge is 2.33. The van der Waals surface area contributed by atoms with Crippen LogP contribution >= 0.6 is 15.9 Å². The van der Waals surface area contributed by atoms with Crippen LogP contribution in [-0.4, -0.2) is 25.3 Å². The maximum absolute atomic E-state index is 12.8. The summed E-state index contributed by atoms with van der Waals surface area (Å²) in [5, 5.41) is 0. The molecule has 0 saturated heterocycles. The van der Waals surface area contributed by atoms with Crippen LogP contribution in [0.25, 0.3) is 0 Å². The summed E-state index contributed by atoms with van der Waals surface area (Å²) < 4.78 is 28.0. The van der Waals surface area contributed by atoms with Crippen LogP contribution in [0.15, 0.2) is 40.2 Å². The fourth-order valence-electron chi connectivity index (χ4n) is 2.64. The number of halogens is 1. The van der Waals surface area contributed by atoms with E-state index in [0.717, 1.165) is 30.2 Å². The highest BCUT2D eigenvalue weighted by molar-refractivity contribution is 9.10. The van der Waals surface area contributed by atoms with E-state index in [2.05, 4.69) is 22.5 Å². The first-order valence-electron chi connectivity index (χ1n) is 6.64. The molecule has 20 heavy (non-hydrogen) atoms. The zero-order chi connectivity index (χ0) is 14.8. The molecule has 110 valence electrons. The van der Waals surface area contributed by atoms with Gasteiger partial charge >= 0.3 is 0 Å². The van der Waals surface area contributed by atoms with Crippen molar-refractivity contribution in [2.75, 3.05) is 12.3 Å². The molecule has 2 rings (SSSR count). The molecule has 1 fully saturated rings. The molecule has 0 atom stereocenters. The minimum Gasteiger partial charge on any atom is -0.398 e. The third kappa shape index (κ3) is 3.07. The van der Waals surface area contributed by atoms with E-state index >= 15 is 0 Å². The Morgan fingerprint density at radius 2 is 2.05 bits per heavy atom. The maximum Gasteiger partial charge on any atom is 0.245 e. The molecule has 0 aliphatic heterocycles. The van der Waals surface area contributed by atoms with Crippen molar-refractivity contribution in [3.63, 3.8) is 0 Å². The van der Waals surface area contributed by atoms with E-state index in [4.69, 9.17) is 5.73 Å². The van der Waals surface area contributed by atoms with Crippen molar-refractivity contribution in [2.45, 2.75) is 36.6 Å². The summed E-state index contributed by atoms with van der Waals surface area (Å²) in [6.07, 6.45) is 5.59. The molecule has 4 nitrogen and oxygen atoms in total. The maximum atomic E-state index is 12.8. The SMILES string of the molecule is C=CCN(C1CCCC1)S(=O)(=O)c1ccc(Br)cc1N. The first kappa shape index (κ1) is 15.5. The molecule has 0 radical (unpaired) electrons. The van der Waals surface area contributed by atoms with E-state index in [9.17, 15) is 8.42 Å². The van der Waals surface area contributed by atoms with E-state index in [1.807, 2.05) is 0 Å². The zero-order valence-corrected chi connectivity index (χ0v) is 13.7. The van der Waals surface area contributed by atoms with Gasteiger partial charge in [0.05, 0.1) is 5.69 Å². The molecule has 1 saturated carbocycles. The Balaban J connectivity index is 2.41. The van der Waals surface area contributed by atoms with Gasteiger partial charge in [0.15, 0.2) is 0 Å². The summed E-state index contributed by atoms with van der Waals surface area (Å²) in [7, 11) is -3.58. The number of nitrogen functional groups attached to an aromatic ring is 1. The van der Waals surface area contributed by atoms with Gasteiger partial charge < -0.3 is 5.73 Å². The average molecular weight is 359 g/mol. The number of hydrogen-bond donors (Lipinski definition) is 1. The minimum atomic E-state index is -3.58. The van der Waals surface area contributed by atoms with Gasteiger partial charge in [-0.1, -0.05) is 34.8 Å². The van der Waals surface area contributed by atoms with Gasteiger partial charge in [0.1, 0.15) is 4.90 Å². The quantitative estimate of drug-likeness (QED) is 0.649. The van der Waals surface area contributed by atoms with E-state index in [1.54, 1.807) is 24.3 Å². The molecule has 0 amide bonds. The fourth-order valence-corrected chi connectivity index (χ4v) is 4.78. The Morgan fingerprint density at radius 3 is 2.60 bits per heavy atom. The summed E-state index contributed by atoms with van der Waals surface area (Å²) in [6.45, 7) is 3.99. The van der Waals surface area contributed by atoms with Crippen molar-refractivity contribution in [2.24, 2.45) is 0 Å². The van der Waals surface area contributed by atoms with E-state index in [0.29, 0.717) is 6.54 Å². The predicted octanol–water partition coefficient (Wildman–Crippen LogP) is 3.15. The van der Waals surface area contributed by atoms with Crippen LogP contribution in [0.4, 0.5) is 5.69 Å². The van der Waals surface area contributed by atoms with Crippen molar-refractivity contribution in [1.29, 1.82) is 0 Å². The van der Waals surface area contributed by atoms with Crippen LogP contribution < -0.4 is 5.73 Å². The van der Waals surface area contributed by atoms with E-state index in [-0.39, 0.29) is 16.6 Å². The summed E-state index contributed by atoms with van der Waals surface area (Å²) >= 11 is 3.29. The number of nitrogens with two attached hydrogens (primary N) is 1. The summed E-state index contributed by atoms with van der Waals surface area (Å²) in [6, 6.07) is 4.93. The van der Waals surface area contributed by atoms with Crippen LogP contribution in [0.3, 0.4) is 0 Å². The molecular formula is C14H19BrN2O2S. The van der Waals surface area contributed by atoms with Gasteiger partial charge in [0.25, 0.3) is 0 Å². The third-order valence-corrected chi connectivity index (χ3v) is 6.09. The number of benzene rings is 1. The molecule has 1 aromatic rings. The predicted molar refractivity (Wildman–Crippen MR) is 84.9 cm³/mol. The third-order valence-electron chi connectivity index (χ3n) is 3.60. The number of rotatable bonds is 5. The number of anilines is 1. The van der Waals surface area contributed by atoms with E-state index in [1.165, 1.54) is 4.31 Å². The summed E-state index contributed by atoms with van der Waals surface area (Å²) in [5.74, 6) is 0. The molecular weight excluding hydrogens is 340 g/mol. The Bertz CT molecular complexity index is 595. The molecule has 2 N–H and O–H groups in total. The lowest BCUT2D eigenvalue weighted by Gasteiger charge is -2.27. The average Bonchev–Trinajstić information content (AvgIpc) is 2.88. The Hall–Kier alpha value is -0.850. The van der Waals surface area contributed by atoms with Crippen LogP contribution in [0.2, 0.25) is 0 Å². The topological polar surface area (TPSA) is 63.4 Å². The van der Waals surface area contributed by atoms with Gasteiger partial charge in [0.2, 0.25) is 10.0 Å². The lowest BCUT2D eigenvalue weighted by molar-refractivity contribution is 0.348. The molecule has 0 aromatic heterocycles. The second-order valence-corrected chi connectivity index (χ2v) is 7.76. The van der Waals surface area contributed by atoms with Crippen molar-refractivity contribution in [3.05, 3.63) is 35.3 Å². The number of hydrogen-bond acceptors (Lipinski definition) is 3. The van der Waals surface area contributed by atoms with Crippen LogP contribution in [0.1, 0.15) is 25.7 Å². The fraction of sp³-hybridized carbons (Fsp3) is 0.429. The monoisotopic (exact) mass is 358 g/mol. The van der Waals surface area contributed by atoms with Crippen molar-refractivity contribution in [1.82, 2.24) is 4.31 Å². The standard InChI is InChI=1S/C14H19BrN2O2S/c1-2-9-17(12-5-3-4-6-12)20(18,19)14-8-7-11(15)10-13(14)16/h2,7-8,10,12H,1,3-6,9,16H2. The summed E-state index contributed by atoms with van der Waals surface area (Å²) in [4.78, 5) is 0.175. The first-order chi connectivity index (χ1) is 9.46. The number of sulfonamides is 1. The minimum absolute atomic E-state index is 0.0565. The van der Waals surface area contributed by atoms with Gasteiger partial charge in [0, 0.05) is 17.1 Å². The molecule has 1 aliphatic carbocycles. The zero-order valence-electron chi connectivity index (χ0n) is 11.3. The van der Waals surface area contributed by atoms with Gasteiger partial charge in [-0.25, -0.2) is 8.42 Å². The first-order valence-corrected chi connectivity index (χ1v) is 8.88. The second-order valence-electron chi connectivity index (χ2n) is 4.98. The van der Waals surface area contributed by atoms with Crippen molar-refractivity contribution < 1.29 is 8.42 Å². The molecule has 1 aliphatic rings. The van der Waals surface area contributed by atoms with Gasteiger partial charge in [-0.2, -0.15) is 4.31 Å².